The van der Waals surface area contributed by atoms with Crippen LogP contribution in [0.4, 0.5) is 0 Å². The number of halogens is 1. The van der Waals surface area contributed by atoms with Gasteiger partial charge in [0.15, 0.2) is 0 Å². The number of hydrogen-bond donors (Lipinski definition) is 1. The lowest BCUT2D eigenvalue weighted by Crippen LogP contribution is -2.24. The van der Waals surface area contributed by atoms with Crippen molar-refractivity contribution in [2.75, 3.05) is 13.2 Å². The van der Waals surface area contributed by atoms with Gasteiger partial charge in [0, 0.05) is 4.88 Å². The third-order valence-corrected chi connectivity index (χ3v) is 5.02. The molecular weight excluding hydrogens is 298 g/mol. The second-order valence-electron chi connectivity index (χ2n) is 4.19. The quantitative estimate of drug-likeness (QED) is 0.900. The molecule has 1 aliphatic heterocycles. The highest BCUT2D eigenvalue weighted by molar-refractivity contribution is 9.11. The largest absolute Gasteiger partial charge is 0.496 e. The molecule has 1 N–H and O–H groups in total. The molecule has 1 unspecified atom stereocenters. The summed E-state index contributed by atoms with van der Waals surface area (Å²) in [6.45, 7) is 6.05. The summed E-state index contributed by atoms with van der Waals surface area (Å²) < 4.78 is 7.00. The van der Waals surface area contributed by atoms with E-state index < -0.39 is 0 Å². The van der Waals surface area contributed by atoms with Gasteiger partial charge in [0.25, 0.3) is 0 Å². The zero-order valence-corrected chi connectivity index (χ0v) is 12.7. The molecular formula is C13H18BrNOS. The van der Waals surface area contributed by atoms with Gasteiger partial charge in [0.05, 0.1) is 16.4 Å². The third-order valence-electron chi connectivity index (χ3n) is 2.82. The van der Waals surface area contributed by atoms with E-state index in [4.69, 9.17) is 4.74 Å². The summed E-state index contributed by atoms with van der Waals surface area (Å²) in [6, 6.07) is 2.45. The molecule has 94 valence electrons. The summed E-state index contributed by atoms with van der Waals surface area (Å²) >= 11 is 5.38. The minimum atomic E-state index is 0.218. The molecule has 4 heteroatoms. The molecule has 0 saturated carbocycles. The Morgan fingerprint density at radius 2 is 2.41 bits per heavy atom. The van der Waals surface area contributed by atoms with Crippen LogP contribution in [0.5, 0.6) is 0 Å². The lowest BCUT2D eigenvalue weighted by molar-refractivity contribution is 0.169. The maximum atomic E-state index is 5.79. The minimum Gasteiger partial charge on any atom is -0.496 e. The number of ether oxygens (including phenoxy) is 1. The Balaban J connectivity index is 2.24. The maximum Gasteiger partial charge on any atom is 0.114 e. The first-order valence-corrected chi connectivity index (χ1v) is 7.65. The van der Waals surface area contributed by atoms with Crippen molar-refractivity contribution in [1.82, 2.24) is 5.32 Å². The molecule has 0 bridgehead atoms. The zero-order chi connectivity index (χ0) is 12.3. The van der Waals surface area contributed by atoms with E-state index >= 15 is 0 Å². The van der Waals surface area contributed by atoms with E-state index in [1.165, 1.54) is 14.2 Å². The van der Waals surface area contributed by atoms with Crippen molar-refractivity contribution in [2.24, 2.45) is 0 Å². The molecule has 1 aromatic rings. The molecule has 0 aliphatic carbocycles. The normalized spacial score (nSPS) is 17.5. The highest BCUT2D eigenvalue weighted by Crippen LogP contribution is 2.35. The van der Waals surface area contributed by atoms with Crippen LogP contribution in [0.15, 0.2) is 21.7 Å². The van der Waals surface area contributed by atoms with Gasteiger partial charge in [-0.25, -0.2) is 0 Å². The molecule has 1 atom stereocenters. The number of aryl methyl sites for hydroxylation is 1. The Morgan fingerprint density at radius 1 is 1.59 bits per heavy atom. The van der Waals surface area contributed by atoms with Crippen molar-refractivity contribution in [1.29, 1.82) is 0 Å². The van der Waals surface area contributed by atoms with Crippen LogP contribution in [0.25, 0.3) is 0 Å². The monoisotopic (exact) mass is 315 g/mol. The van der Waals surface area contributed by atoms with Crippen LogP contribution in [0, 0.1) is 6.92 Å². The molecule has 0 spiro atoms. The van der Waals surface area contributed by atoms with Gasteiger partial charge in [-0.05, 0) is 59.9 Å². The Morgan fingerprint density at radius 3 is 2.94 bits per heavy atom. The SMILES string of the molecule is CCNC(C1=CCCCO1)c1cc(C)c(Br)s1. The smallest absolute Gasteiger partial charge is 0.114 e. The lowest BCUT2D eigenvalue weighted by atomic mass is 10.1. The number of allylic oxidation sites excluding steroid dienone is 1. The van der Waals surface area contributed by atoms with Crippen molar-refractivity contribution >= 4 is 27.3 Å². The Kier molecular flexibility index (Phi) is 4.65. The highest BCUT2D eigenvalue weighted by atomic mass is 79.9. The summed E-state index contributed by atoms with van der Waals surface area (Å²) in [5, 5.41) is 3.51. The maximum absolute atomic E-state index is 5.79. The van der Waals surface area contributed by atoms with Crippen molar-refractivity contribution in [2.45, 2.75) is 32.7 Å². The molecule has 1 aliphatic rings. The predicted molar refractivity (Wildman–Crippen MR) is 76.4 cm³/mol. The first-order valence-electron chi connectivity index (χ1n) is 6.04. The van der Waals surface area contributed by atoms with Crippen LogP contribution < -0.4 is 5.32 Å². The summed E-state index contributed by atoms with van der Waals surface area (Å²) in [7, 11) is 0. The summed E-state index contributed by atoms with van der Waals surface area (Å²) in [4.78, 5) is 1.32. The number of hydrogen-bond acceptors (Lipinski definition) is 3. The average molecular weight is 316 g/mol. The molecule has 2 heterocycles. The number of likely N-dealkylation sites (N-methyl/N-ethyl adjacent to an activating group) is 1. The van der Waals surface area contributed by atoms with E-state index in [1.807, 2.05) is 0 Å². The van der Waals surface area contributed by atoms with Gasteiger partial charge in [-0.2, -0.15) is 0 Å². The van der Waals surface area contributed by atoms with Gasteiger partial charge in [-0.1, -0.05) is 6.92 Å². The summed E-state index contributed by atoms with van der Waals surface area (Å²) in [5.41, 5.74) is 1.30. The topological polar surface area (TPSA) is 21.3 Å². The fraction of sp³-hybridized carbons (Fsp3) is 0.538. The molecule has 2 nitrogen and oxygen atoms in total. The van der Waals surface area contributed by atoms with Crippen molar-refractivity contribution < 1.29 is 4.74 Å². The van der Waals surface area contributed by atoms with E-state index in [0.717, 1.165) is 31.8 Å². The number of thiophene rings is 1. The molecule has 0 radical (unpaired) electrons. The van der Waals surface area contributed by atoms with Crippen LogP contribution in [0.2, 0.25) is 0 Å². The van der Waals surface area contributed by atoms with Crippen molar-refractivity contribution in [3.63, 3.8) is 0 Å². The van der Waals surface area contributed by atoms with Crippen LogP contribution >= 0.6 is 27.3 Å². The van der Waals surface area contributed by atoms with E-state index in [2.05, 4.69) is 47.2 Å². The van der Waals surface area contributed by atoms with Crippen LogP contribution in [0.3, 0.4) is 0 Å². The van der Waals surface area contributed by atoms with E-state index in [9.17, 15) is 0 Å². The van der Waals surface area contributed by atoms with E-state index in [1.54, 1.807) is 11.3 Å². The average Bonchev–Trinajstić information content (AvgIpc) is 2.67. The van der Waals surface area contributed by atoms with Crippen molar-refractivity contribution in [3.8, 4) is 0 Å². The van der Waals surface area contributed by atoms with Gasteiger partial charge in [0.1, 0.15) is 5.76 Å². The number of nitrogens with one attached hydrogen (secondary N) is 1. The zero-order valence-electron chi connectivity index (χ0n) is 10.3. The second-order valence-corrected chi connectivity index (χ2v) is 6.60. The standard InChI is InChI=1S/C13H18BrNOS/c1-3-15-12(10-6-4-5-7-16-10)11-8-9(2)13(14)17-11/h6,8,12,15H,3-5,7H2,1-2H3. The molecule has 0 amide bonds. The molecule has 0 fully saturated rings. The summed E-state index contributed by atoms with van der Waals surface area (Å²) in [6.07, 6.45) is 4.48. The minimum absolute atomic E-state index is 0.218. The summed E-state index contributed by atoms with van der Waals surface area (Å²) in [5.74, 6) is 1.09. The molecule has 1 aromatic heterocycles. The van der Waals surface area contributed by atoms with Crippen LogP contribution in [-0.4, -0.2) is 13.2 Å². The third kappa shape index (κ3) is 3.12. The number of rotatable bonds is 4. The van der Waals surface area contributed by atoms with Gasteiger partial charge >= 0.3 is 0 Å². The van der Waals surface area contributed by atoms with E-state index in [-0.39, 0.29) is 6.04 Å². The van der Waals surface area contributed by atoms with Crippen molar-refractivity contribution in [3.05, 3.63) is 32.1 Å². The predicted octanol–water partition coefficient (Wildman–Crippen LogP) is 4.16. The van der Waals surface area contributed by atoms with Gasteiger partial charge in [-0.3, -0.25) is 0 Å². The Bertz CT molecular complexity index is 394. The van der Waals surface area contributed by atoms with Gasteiger partial charge in [0.2, 0.25) is 0 Å². The van der Waals surface area contributed by atoms with E-state index in [0.29, 0.717) is 0 Å². The fourth-order valence-corrected chi connectivity index (χ4v) is 3.60. The van der Waals surface area contributed by atoms with Crippen LogP contribution in [0.1, 0.15) is 36.2 Å². The highest BCUT2D eigenvalue weighted by Gasteiger charge is 2.21. The molecule has 0 aromatic carbocycles. The van der Waals surface area contributed by atoms with Crippen LogP contribution in [-0.2, 0) is 4.74 Å². The first-order chi connectivity index (χ1) is 8.22. The lowest BCUT2D eigenvalue weighted by Gasteiger charge is -2.23. The second kappa shape index (κ2) is 6.03. The Labute approximate surface area is 115 Å². The molecule has 0 saturated heterocycles. The van der Waals surface area contributed by atoms with Gasteiger partial charge < -0.3 is 10.1 Å². The van der Waals surface area contributed by atoms with Gasteiger partial charge in [-0.15, -0.1) is 11.3 Å². The molecule has 2 rings (SSSR count). The Hall–Kier alpha value is -0.320. The molecule has 17 heavy (non-hydrogen) atoms. The fourth-order valence-electron chi connectivity index (χ4n) is 1.95. The first kappa shape index (κ1) is 13.1.